The van der Waals surface area contributed by atoms with Gasteiger partial charge in [-0.25, -0.2) is 8.42 Å². The number of hydrogen-bond acceptors (Lipinski definition) is 4. The Kier molecular flexibility index (Phi) is 4.85. The topological polar surface area (TPSA) is 77.6 Å². The third kappa shape index (κ3) is 2.90. The second-order valence-electron chi connectivity index (χ2n) is 5.00. The maximum absolute atomic E-state index is 12.6. The number of piperidine rings is 1. The lowest BCUT2D eigenvalue weighted by molar-refractivity contribution is 0.0604. The molecule has 1 aromatic heterocycles. The van der Waals surface area contributed by atoms with Gasteiger partial charge in [0.25, 0.3) is 0 Å². The van der Waals surface area contributed by atoms with Crippen LogP contribution in [0, 0.1) is 0 Å². The van der Waals surface area contributed by atoms with Gasteiger partial charge in [0.1, 0.15) is 4.90 Å². The molecule has 1 fully saturated rings. The fourth-order valence-corrected chi connectivity index (χ4v) is 4.12. The summed E-state index contributed by atoms with van der Waals surface area (Å²) in [5, 5.41) is 0. The van der Waals surface area contributed by atoms with Crippen LogP contribution in [0.25, 0.3) is 0 Å². The molecule has 20 heavy (non-hydrogen) atoms. The predicted molar refractivity (Wildman–Crippen MR) is 76.8 cm³/mol. The fourth-order valence-electron chi connectivity index (χ4n) is 2.59. The van der Waals surface area contributed by atoms with E-state index >= 15 is 0 Å². The Balaban J connectivity index is 2.20. The van der Waals surface area contributed by atoms with E-state index < -0.39 is 10.0 Å². The lowest BCUT2D eigenvalue weighted by Crippen LogP contribution is -2.40. The number of rotatable bonds is 5. The van der Waals surface area contributed by atoms with E-state index in [-0.39, 0.29) is 6.10 Å². The maximum atomic E-state index is 12.6. The lowest BCUT2D eigenvalue weighted by atomic mass is 10.1. The molecule has 1 saturated heterocycles. The van der Waals surface area contributed by atoms with E-state index in [1.54, 1.807) is 19.4 Å². The molecule has 0 unspecified atom stereocenters. The highest BCUT2D eigenvalue weighted by molar-refractivity contribution is 7.89. The van der Waals surface area contributed by atoms with Crippen molar-refractivity contribution in [1.82, 2.24) is 8.87 Å². The number of methoxy groups -OCH3 is 1. The highest BCUT2D eigenvalue weighted by atomic mass is 32.2. The zero-order valence-electron chi connectivity index (χ0n) is 12.1. The number of nitrogens with zero attached hydrogens (tertiary/aromatic N) is 2. The van der Waals surface area contributed by atoms with Gasteiger partial charge in [-0.15, -0.1) is 0 Å². The summed E-state index contributed by atoms with van der Waals surface area (Å²) >= 11 is 0. The van der Waals surface area contributed by atoms with E-state index in [1.807, 2.05) is 11.5 Å². The zero-order chi connectivity index (χ0) is 14.8. The molecule has 0 radical (unpaired) electrons. The molecule has 0 aliphatic carbocycles. The van der Waals surface area contributed by atoms with Crippen LogP contribution in [0.3, 0.4) is 0 Å². The molecule has 1 aromatic rings. The molecule has 0 bridgehead atoms. The van der Waals surface area contributed by atoms with E-state index in [1.165, 1.54) is 4.31 Å². The van der Waals surface area contributed by atoms with E-state index in [4.69, 9.17) is 10.5 Å². The summed E-state index contributed by atoms with van der Waals surface area (Å²) in [6.07, 6.45) is 3.34. The lowest BCUT2D eigenvalue weighted by Gasteiger charge is -2.30. The standard InChI is InChI=1S/C13H23N3O3S/c1-3-15-10-13(8-11(15)9-14)20(17,18)16-6-4-12(19-2)5-7-16/h8,10,12H,3-7,9,14H2,1-2H3. The normalized spacial score (nSPS) is 18.6. The zero-order valence-corrected chi connectivity index (χ0v) is 12.9. The molecule has 0 aromatic carbocycles. The summed E-state index contributed by atoms with van der Waals surface area (Å²) in [4.78, 5) is 0.343. The summed E-state index contributed by atoms with van der Waals surface area (Å²) in [7, 11) is -1.74. The molecule has 6 nitrogen and oxygen atoms in total. The second kappa shape index (κ2) is 6.26. The Morgan fingerprint density at radius 2 is 2.05 bits per heavy atom. The van der Waals surface area contributed by atoms with Gasteiger partial charge in [-0.2, -0.15) is 4.31 Å². The van der Waals surface area contributed by atoms with Crippen molar-refractivity contribution in [2.45, 2.75) is 43.9 Å². The summed E-state index contributed by atoms with van der Waals surface area (Å²) in [6.45, 7) is 4.05. The molecule has 0 atom stereocenters. The molecular weight excluding hydrogens is 278 g/mol. The van der Waals surface area contributed by atoms with Crippen molar-refractivity contribution in [3.8, 4) is 0 Å². The molecule has 1 aliphatic rings. The van der Waals surface area contributed by atoms with Crippen LogP contribution in [0.15, 0.2) is 17.2 Å². The van der Waals surface area contributed by atoms with Crippen LogP contribution in [-0.4, -0.2) is 43.6 Å². The van der Waals surface area contributed by atoms with Crippen molar-refractivity contribution in [1.29, 1.82) is 0 Å². The number of aromatic nitrogens is 1. The van der Waals surface area contributed by atoms with Crippen LogP contribution in [0.4, 0.5) is 0 Å². The van der Waals surface area contributed by atoms with E-state index in [2.05, 4.69) is 0 Å². The van der Waals surface area contributed by atoms with Crippen molar-refractivity contribution in [2.24, 2.45) is 5.73 Å². The quantitative estimate of drug-likeness (QED) is 0.871. The Labute approximate surface area is 120 Å². The molecule has 2 heterocycles. The Bertz CT molecular complexity index is 524. The highest BCUT2D eigenvalue weighted by Crippen LogP contribution is 2.23. The van der Waals surface area contributed by atoms with E-state index in [0.717, 1.165) is 18.5 Å². The van der Waals surface area contributed by atoms with Gasteiger partial charge in [0.2, 0.25) is 10.0 Å². The maximum Gasteiger partial charge on any atom is 0.244 e. The first-order chi connectivity index (χ1) is 9.52. The van der Waals surface area contributed by atoms with Gasteiger partial charge >= 0.3 is 0 Å². The van der Waals surface area contributed by atoms with Crippen LogP contribution in [0.1, 0.15) is 25.5 Å². The van der Waals surface area contributed by atoms with Crippen molar-refractivity contribution >= 4 is 10.0 Å². The molecule has 2 rings (SSSR count). The SMILES string of the molecule is CCn1cc(S(=O)(=O)N2CCC(OC)CC2)cc1CN. The first-order valence-electron chi connectivity index (χ1n) is 6.95. The molecule has 7 heteroatoms. The largest absolute Gasteiger partial charge is 0.381 e. The van der Waals surface area contributed by atoms with Crippen molar-refractivity contribution < 1.29 is 13.2 Å². The van der Waals surface area contributed by atoms with Gasteiger partial charge in [0, 0.05) is 45.2 Å². The number of ether oxygens (including phenoxy) is 1. The number of hydrogen-bond donors (Lipinski definition) is 1. The summed E-state index contributed by atoms with van der Waals surface area (Å²) in [5.41, 5.74) is 6.50. The number of nitrogens with two attached hydrogens (primary N) is 1. The minimum atomic E-state index is -3.41. The number of sulfonamides is 1. The van der Waals surface area contributed by atoms with Crippen molar-refractivity contribution in [3.05, 3.63) is 18.0 Å². The Morgan fingerprint density at radius 3 is 2.50 bits per heavy atom. The monoisotopic (exact) mass is 301 g/mol. The first-order valence-corrected chi connectivity index (χ1v) is 8.39. The van der Waals surface area contributed by atoms with Gasteiger partial charge in [0.15, 0.2) is 0 Å². The molecule has 1 aliphatic heterocycles. The van der Waals surface area contributed by atoms with Crippen molar-refractivity contribution in [2.75, 3.05) is 20.2 Å². The summed E-state index contributed by atoms with van der Waals surface area (Å²) < 4.78 is 33.9. The first kappa shape index (κ1) is 15.5. The van der Waals surface area contributed by atoms with Gasteiger partial charge in [-0.3, -0.25) is 0 Å². The average molecular weight is 301 g/mol. The average Bonchev–Trinajstić information content (AvgIpc) is 2.91. The van der Waals surface area contributed by atoms with Crippen LogP contribution >= 0.6 is 0 Å². The molecule has 0 amide bonds. The third-order valence-corrected chi connectivity index (χ3v) is 5.75. The van der Waals surface area contributed by atoms with Crippen LogP contribution < -0.4 is 5.73 Å². The molecule has 114 valence electrons. The number of aryl methyl sites for hydroxylation is 1. The fraction of sp³-hybridized carbons (Fsp3) is 0.692. The summed E-state index contributed by atoms with van der Waals surface area (Å²) in [6, 6.07) is 1.68. The predicted octanol–water partition coefficient (Wildman–Crippen LogP) is 0.766. The van der Waals surface area contributed by atoms with Gasteiger partial charge in [-0.1, -0.05) is 0 Å². The van der Waals surface area contributed by atoms with Crippen LogP contribution in [0.5, 0.6) is 0 Å². The minimum Gasteiger partial charge on any atom is -0.381 e. The van der Waals surface area contributed by atoms with Crippen LogP contribution in [-0.2, 0) is 27.8 Å². The summed E-state index contributed by atoms with van der Waals surface area (Å²) in [5.74, 6) is 0. The highest BCUT2D eigenvalue weighted by Gasteiger charge is 2.30. The molecule has 0 spiro atoms. The second-order valence-corrected chi connectivity index (χ2v) is 6.93. The molecule has 0 saturated carbocycles. The van der Waals surface area contributed by atoms with Gasteiger partial charge < -0.3 is 15.0 Å². The van der Waals surface area contributed by atoms with Crippen molar-refractivity contribution in [3.63, 3.8) is 0 Å². The van der Waals surface area contributed by atoms with Gasteiger partial charge in [0.05, 0.1) is 6.10 Å². The van der Waals surface area contributed by atoms with Gasteiger partial charge in [-0.05, 0) is 25.8 Å². The third-order valence-electron chi connectivity index (χ3n) is 3.88. The Morgan fingerprint density at radius 1 is 1.40 bits per heavy atom. The minimum absolute atomic E-state index is 0.168. The van der Waals surface area contributed by atoms with E-state index in [0.29, 0.717) is 31.1 Å². The smallest absolute Gasteiger partial charge is 0.244 e. The van der Waals surface area contributed by atoms with Crippen LogP contribution in [0.2, 0.25) is 0 Å². The van der Waals surface area contributed by atoms with E-state index in [9.17, 15) is 8.42 Å². The Hall–Kier alpha value is -0.890. The molecular formula is C13H23N3O3S. The molecule has 2 N–H and O–H groups in total.